The number of likely N-dealkylation sites (N-methyl/N-ethyl adjacent to an activating group) is 1. The Hall–Kier alpha value is -1.11. The lowest BCUT2D eigenvalue weighted by molar-refractivity contribution is -0.128. The molecule has 86 valence electrons. The maximum atomic E-state index is 11.9. The molecule has 0 bridgehead atoms. The second kappa shape index (κ2) is 5.11. The van der Waals surface area contributed by atoms with Crippen molar-refractivity contribution in [2.75, 3.05) is 13.1 Å². The first-order valence-electron chi connectivity index (χ1n) is 4.60. The first-order valence-corrected chi connectivity index (χ1v) is 4.60. The Morgan fingerprint density at radius 2 is 2.13 bits per heavy atom. The van der Waals surface area contributed by atoms with Crippen LogP contribution in [0.4, 0.5) is 13.2 Å². The van der Waals surface area contributed by atoms with Gasteiger partial charge < -0.3 is 9.84 Å². The van der Waals surface area contributed by atoms with Crippen LogP contribution in [0.15, 0.2) is 4.52 Å². The molecule has 15 heavy (non-hydrogen) atoms. The van der Waals surface area contributed by atoms with Crippen molar-refractivity contribution < 1.29 is 17.7 Å². The Morgan fingerprint density at radius 3 is 2.73 bits per heavy atom. The van der Waals surface area contributed by atoms with Gasteiger partial charge in [0.2, 0.25) is 5.89 Å². The molecule has 1 aromatic rings. The fraction of sp³-hybridized carbons (Fsp3) is 0.750. The molecule has 1 rings (SSSR count). The van der Waals surface area contributed by atoms with E-state index in [-0.39, 0.29) is 11.7 Å². The van der Waals surface area contributed by atoms with Crippen molar-refractivity contribution in [3.63, 3.8) is 0 Å². The topological polar surface area (TPSA) is 51.0 Å². The van der Waals surface area contributed by atoms with Gasteiger partial charge in [-0.2, -0.15) is 18.2 Å². The number of hydrogen-bond acceptors (Lipinski definition) is 4. The minimum atomic E-state index is -4.29. The highest BCUT2D eigenvalue weighted by Gasteiger charge is 2.30. The zero-order valence-corrected chi connectivity index (χ0v) is 8.26. The molecule has 7 heteroatoms. The van der Waals surface area contributed by atoms with Crippen molar-refractivity contribution in [1.29, 1.82) is 0 Å². The monoisotopic (exact) mass is 223 g/mol. The summed E-state index contributed by atoms with van der Waals surface area (Å²) in [5.41, 5.74) is 0. The highest BCUT2D eigenvalue weighted by Crippen LogP contribution is 2.19. The van der Waals surface area contributed by atoms with Crippen LogP contribution >= 0.6 is 0 Å². The predicted octanol–water partition coefficient (Wildman–Crippen LogP) is 1.33. The minimum absolute atomic E-state index is 0.232. The highest BCUT2D eigenvalue weighted by atomic mass is 19.4. The summed E-state index contributed by atoms with van der Waals surface area (Å²) in [6.45, 7) is 3.34. The van der Waals surface area contributed by atoms with Gasteiger partial charge in [-0.1, -0.05) is 12.1 Å². The first kappa shape index (κ1) is 12.0. The van der Waals surface area contributed by atoms with Crippen LogP contribution in [0, 0.1) is 0 Å². The summed E-state index contributed by atoms with van der Waals surface area (Å²) >= 11 is 0. The van der Waals surface area contributed by atoms with Gasteiger partial charge in [0.15, 0.2) is 5.82 Å². The van der Waals surface area contributed by atoms with Crippen molar-refractivity contribution in [2.45, 2.75) is 25.9 Å². The molecule has 1 aromatic heterocycles. The molecular weight excluding hydrogens is 211 g/mol. The molecule has 0 saturated carbocycles. The molecule has 0 aliphatic heterocycles. The van der Waals surface area contributed by atoms with Crippen LogP contribution in [0.2, 0.25) is 0 Å². The number of aromatic nitrogens is 2. The Labute approximate surface area is 84.9 Å². The maximum absolute atomic E-state index is 11.9. The van der Waals surface area contributed by atoms with E-state index < -0.39 is 12.6 Å². The van der Waals surface area contributed by atoms with Gasteiger partial charge in [-0.05, 0) is 6.54 Å². The van der Waals surface area contributed by atoms with E-state index in [2.05, 4.69) is 20.0 Å². The van der Waals surface area contributed by atoms with Gasteiger partial charge in [0, 0.05) is 13.0 Å². The number of hydrogen-bond donors (Lipinski definition) is 1. The quantitative estimate of drug-likeness (QED) is 0.765. The van der Waals surface area contributed by atoms with Gasteiger partial charge in [-0.3, -0.25) is 0 Å². The molecule has 0 unspecified atom stereocenters. The number of halogens is 3. The fourth-order valence-corrected chi connectivity index (χ4v) is 1.01. The zero-order valence-electron chi connectivity index (χ0n) is 8.26. The first-order chi connectivity index (χ1) is 7.01. The number of alkyl halides is 3. The third kappa shape index (κ3) is 4.78. The molecule has 4 nitrogen and oxygen atoms in total. The average molecular weight is 223 g/mol. The van der Waals surface area contributed by atoms with E-state index in [0.29, 0.717) is 13.0 Å². The normalized spacial score (nSPS) is 12.0. The third-order valence-electron chi connectivity index (χ3n) is 1.63. The van der Waals surface area contributed by atoms with Crippen LogP contribution in [0.5, 0.6) is 0 Å². The molecule has 0 radical (unpaired) electrons. The van der Waals surface area contributed by atoms with E-state index >= 15 is 0 Å². The number of nitrogens with zero attached hydrogens (tertiary/aromatic N) is 2. The molecule has 0 fully saturated rings. The summed E-state index contributed by atoms with van der Waals surface area (Å²) < 4.78 is 40.4. The maximum Gasteiger partial charge on any atom is 0.396 e. The van der Waals surface area contributed by atoms with Crippen molar-refractivity contribution in [1.82, 2.24) is 15.5 Å². The van der Waals surface area contributed by atoms with E-state index in [9.17, 15) is 13.2 Å². The minimum Gasteiger partial charge on any atom is -0.339 e. The van der Waals surface area contributed by atoms with E-state index in [1.807, 2.05) is 6.92 Å². The van der Waals surface area contributed by atoms with Crippen LogP contribution < -0.4 is 5.32 Å². The average Bonchev–Trinajstić information content (AvgIpc) is 2.50. The summed E-state index contributed by atoms with van der Waals surface area (Å²) in [6.07, 6.45) is -4.99. The summed E-state index contributed by atoms with van der Waals surface area (Å²) in [4.78, 5) is 3.63. The molecule has 0 aromatic carbocycles. The van der Waals surface area contributed by atoms with Gasteiger partial charge in [0.25, 0.3) is 0 Å². The van der Waals surface area contributed by atoms with Crippen molar-refractivity contribution in [3.8, 4) is 0 Å². The molecule has 0 aliphatic rings. The summed E-state index contributed by atoms with van der Waals surface area (Å²) in [7, 11) is 0. The lowest BCUT2D eigenvalue weighted by atomic mass is 10.4. The van der Waals surface area contributed by atoms with Crippen LogP contribution in [0.25, 0.3) is 0 Å². The van der Waals surface area contributed by atoms with Gasteiger partial charge in [0.05, 0.1) is 0 Å². The zero-order chi connectivity index (χ0) is 11.3. The third-order valence-corrected chi connectivity index (χ3v) is 1.63. The lowest BCUT2D eigenvalue weighted by Crippen LogP contribution is -2.16. The Morgan fingerprint density at radius 1 is 1.40 bits per heavy atom. The smallest absolute Gasteiger partial charge is 0.339 e. The lowest BCUT2D eigenvalue weighted by Gasteiger charge is -1.99. The van der Waals surface area contributed by atoms with Crippen molar-refractivity contribution in [2.24, 2.45) is 0 Å². The van der Waals surface area contributed by atoms with Crippen LogP contribution in [0.3, 0.4) is 0 Å². The van der Waals surface area contributed by atoms with Gasteiger partial charge in [-0.15, -0.1) is 0 Å². The SMILES string of the molecule is CCNCCc1nc(CC(F)(F)F)no1. The molecule has 1 N–H and O–H groups in total. The second-order valence-electron chi connectivity index (χ2n) is 3.00. The predicted molar refractivity (Wildman–Crippen MR) is 46.3 cm³/mol. The van der Waals surface area contributed by atoms with Crippen LogP contribution in [-0.2, 0) is 12.8 Å². The molecular formula is C8H12F3N3O. The van der Waals surface area contributed by atoms with Gasteiger partial charge in [-0.25, -0.2) is 0 Å². The van der Waals surface area contributed by atoms with Crippen LogP contribution in [-0.4, -0.2) is 29.4 Å². The molecule has 1 heterocycles. The summed E-state index contributed by atoms with van der Waals surface area (Å²) in [5, 5.41) is 6.25. The highest BCUT2D eigenvalue weighted by molar-refractivity contribution is 4.89. The largest absolute Gasteiger partial charge is 0.396 e. The number of nitrogens with one attached hydrogen (secondary N) is 1. The number of rotatable bonds is 5. The van der Waals surface area contributed by atoms with E-state index in [1.54, 1.807) is 0 Å². The molecule has 0 amide bonds. The van der Waals surface area contributed by atoms with Crippen molar-refractivity contribution in [3.05, 3.63) is 11.7 Å². The van der Waals surface area contributed by atoms with Gasteiger partial charge in [0.1, 0.15) is 6.42 Å². The van der Waals surface area contributed by atoms with E-state index in [4.69, 9.17) is 0 Å². The molecule has 0 saturated heterocycles. The van der Waals surface area contributed by atoms with Crippen LogP contribution in [0.1, 0.15) is 18.6 Å². The van der Waals surface area contributed by atoms with Gasteiger partial charge >= 0.3 is 6.18 Å². The summed E-state index contributed by atoms with van der Waals surface area (Å²) in [5.74, 6) is -0.0794. The second-order valence-corrected chi connectivity index (χ2v) is 3.00. The Kier molecular flexibility index (Phi) is 4.07. The fourth-order valence-electron chi connectivity index (χ4n) is 1.01. The van der Waals surface area contributed by atoms with E-state index in [0.717, 1.165) is 6.54 Å². The van der Waals surface area contributed by atoms with Crippen molar-refractivity contribution >= 4 is 0 Å². The summed E-state index contributed by atoms with van der Waals surface area (Å²) in [6, 6.07) is 0. The Bertz CT molecular complexity index is 298. The Balaban J connectivity index is 2.42. The molecule has 0 spiro atoms. The standard InChI is InChI=1S/C8H12F3N3O/c1-2-12-4-3-7-13-6(14-15-7)5-8(9,10)11/h12H,2-5H2,1H3. The molecule has 0 aliphatic carbocycles. The van der Waals surface area contributed by atoms with E-state index in [1.165, 1.54) is 0 Å². The molecule has 0 atom stereocenters.